The molecule has 0 heterocycles. The number of aliphatic hydroxyl groups excluding tert-OH is 4. The first-order valence-electron chi connectivity index (χ1n) is 9.96. The topological polar surface area (TPSA) is 174 Å². The molecule has 0 saturated heterocycles. The number of aromatic carboxylic acids is 2. The Morgan fingerprint density at radius 1 is 0.667 bits per heavy atom. The third-order valence-corrected chi connectivity index (χ3v) is 3.78. The number of hydrogen-bond acceptors (Lipinski definition) is 8. The van der Waals surface area contributed by atoms with Crippen LogP contribution < -0.4 is 9.47 Å². The minimum Gasteiger partial charge on any atom is -0.491 e. The lowest BCUT2D eigenvalue weighted by Gasteiger charge is -2.16. The molecule has 0 amide bonds. The monoisotopic (exact) mass is 468 g/mol. The molecule has 0 atom stereocenters. The van der Waals surface area contributed by atoms with Crippen LogP contribution in [0.25, 0.3) is 0 Å². The Bertz CT molecular complexity index is 735. The molecule has 2 rings (SSSR count). The zero-order valence-corrected chi connectivity index (χ0v) is 18.7. The Morgan fingerprint density at radius 2 is 0.970 bits per heavy atom. The molecule has 0 unspecified atom stereocenters. The highest BCUT2D eigenvalue weighted by molar-refractivity contribution is 5.91. The van der Waals surface area contributed by atoms with Crippen LogP contribution in [0.4, 0.5) is 0 Å². The van der Waals surface area contributed by atoms with E-state index >= 15 is 0 Å². The summed E-state index contributed by atoms with van der Waals surface area (Å²) >= 11 is 0. The van der Waals surface area contributed by atoms with Gasteiger partial charge >= 0.3 is 11.9 Å². The van der Waals surface area contributed by atoms with Crippen molar-refractivity contribution in [3.63, 3.8) is 0 Å². The van der Waals surface area contributed by atoms with Crippen LogP contribution in [0, 0.1) is 5.41 Å². The molecule has 10 nitrogen and oxygen atoms in total. The number of ether oxygens (including phenoxy) is 2. The number of carbonyl (C=O) groups is 2. The summed E-state index contributed by atoms with van der Waals surface area (Å²) in [6, 6.07) is 12.0. The average molecular weight is 468 g/mol. The zero-order valence-electron chi connectivity index (χ0n) is 18.7. The lowest BCUT2D eigenvalue weighted by atomic mass is 9.97. The van der Waals surface area contributed by atoms with Crippen molar-refractivity contribution in [2.24, 2.45) is 5.41 Å². The van der Waals surface area contributed by atoms with Crippen LogP contribution in [0.5, 0.6) is 11.5 Å². The Hall–Kier alpha value is -3.18. The standard InChI is InChI=1S/C10H14O4.C8H6O4.C5H12O2/c11-5-7-13-9-1-2-10(4-3-9)14-8-6-12;9-7(10)5-1-2-6(4-3-5)8(11)12;1-5(2,3-6)4-7/h1-4,11-12H,5-8H2;1-4H,(H,9,10)(H,11,12);6-7H,3-4H2,1-2H3. The van der Waals surface area contributed by atoms with Crippen LogP contribution in [0.3, 0.4) is 0 Å². The molecule has 0 aliphatic heterocycles. The van der Waals surface area contributed by atoms with E-state index in [1.165, 1.54) is 24.3 Å². The largest absolute Gasteiger partial charge is 0.491 e. The smallest absolute Gasteiger partial charge is 0.335 e. The Balaban J connectivity index is 0.000000492. The molecule has 0 spiro atoms. The number of aliphatic hydroxyl groups is 4. The molecule has 0 aliphatic carbocycles. The number of carboxylic acid groups (broad SMARTS) is 2. The Labute approximate surface area is 192 Å². The number of carboxylic acids is 2. The summed E-state index contributed by atoms with van der Waals surface area (Å²) in [4.78, 5) is 20.7. The maximum atomic E-state index is 10.3. The molecule has 0 bridgehead atoms. The van der Waals surface area contributed by atoms with Gasteiger partial charge in [0.1, 0.15) is 24.7 Å². The van der Waals surface area contributed by atoms with Gasteiger partial charge in [-0.05, 0) is 48.5 Å². The van der Waals surface area contributed by atoms with E-state index in [0.717, 1.165) is 0 Å². The summed E-state index contributed by atoms with van der Waals surface area (Å²) in [6.45, 7) is 4.27. The van der Waals surface area contributed by atoms with Gasteiger partial charge in [-0.2, -0.15) is 0 Å². The van der Waals surface area contributed by atoms with Crippen LogP contribution in [-0.4, -0.2) is 82.2 Å². The molecule has 2 aromatic rings. The fourth-order valence-electron chi connectivity index (χ4n) is 1.76. The summed E-state index contributed by atoms with van der Waals surface area (Å²) in [5, 5.41) is 50.8. The maximum Gasteiger partial charge on any atom is 0.335 e. The first-order chi connectivity index (χ1) is 15.6. The van der Waals surface area contributed by atoms with Crippen molar-refractivity contribution in [1.29, 1.82) is 0 Å². The first-order valence-corrected chi connectivity index (χ1v) is 9.96. The number of rotatable bonds is 10. The van der Waals surface area contributed by atoms with Crippen molar-refractivity contribution in [2.45, 2.75) is 13.8 Å². The van der Waals surface area contributed by atoms with Crippen LogP contribution >= 0.6 is 0 Å². The minimum atomic E-state index is -1.06. The molecule has 33 heavy (non-hydrogen) atoms. The molecule has 10 heteroatoms. The second kappa shape index (κ2) is 16.5. The van der Waals surface area contributed by atoms with E-state index in [4.69, 9.17) is 40.1 Å². The SMILES string of the molecule is CC(C)(CO)CO.O=C(O)c1ccc(C(=O)O)cc1.OCCOc1ccc(OCCO)cc1. The van der Waals surface area contributed by atoms with E-state index in [0.29, 0.717) is 11.5 Å². The highest BCUT2D eigenvalue weighted by Crippen LogP contribution is 2.17. The molecule has 0 aliphatic rings. The molecule has 184 valence electrons. The van der Waals surface area contributed by atoms with Crippen molar-refractivity contribution in [2.75, 3.05) is 39.6 Å². The number of hydrogen-bond donors (Lipinski definition) is 6. The van der Waals surface area contributed by atoms with Gasteiger partial charge in [0.2, 0.25) is 0 Å². The van der Waals surface area contributed by atoms with Crippen LogP contribution in [-0.2, 0) is 0 Å². The average Bonchev–Trinajstić information content (AvgIpc) is 2.83. The zero-order chi connectivity index (χ0) is 25.3. The van der Waals surface area contributed by atoms with E-state index in [9.17, 15) is 9.59 Å². The second-order valence-electron chi connectivity index (χ2n) is 7.28. The van der Waals surface area contributed by atoms with Gasteiger partial charge in [0, 0.05) is 5.41 Å². The van der Waals surface area contributed by atoms with Crippen molar-refractivity contribution < 1.29 is 49.7 Å². The van der Waals surface area contributed by atoms with Crippen molar-refractivity contribution in [3.8, 4) is 11.5 Å². The molecule has 6 N–H and O–H groups in total. The maximum absolute atomic E-state index is 10.3. The van der Waals surface area contributed by atoms with Crippen LogP contribution in [0.2, 0.25) is 0 Å². The van der Waals surface area contributed by atoms with E-state index in [-0.39, 0.29) is 56.2 Å². The summed E-state index contributed by atoms with van der Waals surface area (Å²) in [7, 11) is 0. The second-order valence-corrected chi connectivity index (χ2v) is 7.28. The fraction of sp³-hybridized carbons (Fsp3) is 0.391. The minimum absolute atomic E-state index is 0.00274. The van der Waals surface area contributed by atoms with Gasteiger partial charge in [0.05, 0.1) is 37.6 Å². The van der Waals surface area contributed by atoms with Gasteiger partial charge in [-0.15, -0.1) is 0 Å². The van der Waals surface area contributed by atoms with Gasteiger partial charge in [0.25, 0.3) is 0 Å². The third-order valence-electron chi connectivity index (χ3n) is 3.78. The third kappa shape index (κ3) is 13.8. The normalized spacial score (nSPS) is 10.1. The van der Waals surface area contributed by atoms with E-state index < -0.39 is 11.9 Å². The Morgan fingerprint density at radius 3 is 1.15 bits per heavy atom. The van der Waals surface area contributed by atoms with Gasteiger partial charge in [-0.1, -0.05) is 13.8 Å². The van der Waals surface area contributed by atoms with Gasteiger partial charge < -0.3 is 40.1 Å². The highest BCUT2D eigenvalue weighted by atomic mass is 16.5. The van der Waals surface area contributed by atoms with Crippen LogP contribution in [0.1, 0.15) is 34.6 Å². The summed E-state index contributed by atoms with van der Waals surface area (Å²) in [5.74, 6) is -0.746. The van der Waals surface area contributed by atoms with E-state index in [1.54, 1.807) is 38.1 Å². The van der Waals surface area contributed by atoms with E-state index in [1.807, 2.05) is 0 Å². The van der Waals surface area contributed by atoms with Crippen molar-refractivity contribution in [1.82, 2.24) is 0 Å². The summed E-state index contributed by atoms with van der Waals surface area (Å²) in [5.41, 5.74) is -0.139. The predicted octanol–water partition coefficient (Wildman–Crippen LogP) is 1.51. The fourth-order valence-corrected chi connectivity index (χ4v) is 1.76. The molecule has 0 fully saturated rings. The quantitative estimate of drug-likeness (QED) is 0.300. The van der Waals surface area contributed by atoms with Gasteiger partial charge in [-0.25, -0.2) is 9.59 Å². The molecule has 2 aromatic carbocycles. The van der Waals surface area contributed by atoms with Gasteiger partial charge in [0.15, 0.2) is 0 Å². The van der Waals surface area contributed by atoms with Crippen LogP contribution in [0.15, 0.2) is 48.5 Å². The van der Waals surface area contributed by atoms with Crippen molar-refractivity contribution >= 4 is 11.9 Å². The first kappa shape index (κ1) is 29.8. The summed E-state index contributed by atoms with van der Waals surface area (Å²) in [6.07, 6.45) is 0. The number of benzene rings is 2. The molecule has 0 radical (unpaired) electrons. The van der Waals surface area contributed by atoms with Gasteiger partial charge in [-0.3, -0.25) is 0 Å². The molecule has 0 saturated carbocycles. The van der Waals surface area contributed by atoms with Crippen molar-refractivity contribution in [3.05, 3.63) is 59.7 Å². The highest BCUT2D eigenvalue weighted by Gasteiger charge is 2.13. The molecular weight excluding hydrogens is 436 g/mol. The lowest BCUT2D eigenvalue weighted by molar-refractivity contribution is 0.0681. The summed E-state index contributed by atoms with van der Waals surface area (Å²) < 4.78 is 10.3. The van der Waals surface area contributed by atoms with E-state index in [2.05, 4.69) is 0 Å². The Kier molecular flexibility index (Phi) is 14.9. The lowest BCUT2D eigenvalue weighted by Crippen LogP contribution is -2.20. The molecular formula is C23H32O10. The molecule has 0 aromatic heterocycles. The predicted molar refractivity (Wildman–Crippen MR) is 120 cm³/mol.